The summed E-state index contributed by atoms with van der Waals surface area (Å²) in [6, 6.07) is 10.2. The molecular weight excluding hydrogens is 544 g/mol. The van der Waals surface area contributed by atoms with E-state index < -0.39 is 12.0 Å². The van der Waals surface area contributed by atoms with Crippen LogP contribution < -0.4 is 24.4 Å². The van der Waals surface area contributed by atoms with Gasteiger partial charge in [-0.2, -0.15) is 0 Å². The van der Waals surface area contributed by atoms with E-state index in [-0.39, 0.29) is 19.0 Å². The van der Waals surface area contributed by atoms with Crippen molar-refractivity contribution in [1.82, 2.24) is 4.57 Å². The van der Waals surface area contributed by atoms with Gasteiger partial charge in [0, 0.05) is 10.5 Å². The van der Waals surface area contributed by atoms with Gasteiger partial charge >= 0.3 is 5.97 Å². The SMILES string of the molecule is CCOC(=O)C1=C(C)N=c2sc(=Cc3cc4c(cc3Cl)OCO4)c(=O)n2[C@H]1c1ccc(Br)cc1. The Balaban J connectivity index is 1.71. The van der Waals surface area contributed by atoms with Gasteiger partial charge in [-0.25, -0.2) is 9.79 Å². The predicted octanol–water partition coefficient (Wildman–Crippen LogP) is 3.94. The van der Waals surface area contributed by atoms with Crippen LogP contribution in [0.1, 0.15) is 31.0 Å². The summed E-state index contributed by atoms with van der Waals surface area (Å²) in [4.78, 5) is 31.6. The van der Waals surface area contributed by atoms with Crippen molar-refractivity contribution in [3.63, 3.8) is 0 Å². The molecule has 0 aliphatic carbocycles. The highest BCUT2D eigenvalue weighted by Crippen LogP contribution is 2.37. The molecule has 0 saturated carbocycles. The first kappa shape index (κ1) is 22.9. The molecule has 0 radical (unpaired) electrons. The molecule has 174 valence electrons. The Morgan fingerprint density at radius 1 is 1.29 bits per heavy atom. The zero-order valence-corrected chi connectivity index (χ0v) is 21.3. The highest BCUT2D eigenvalue weighted by atomic mass is 79.9. The summed E-state index contributed by atoms with van der Waals surface area (Å²) in [5, 5.41) is 0.433. The van der Waals surface area contributed by atoms with E-state index >= 15 is 0 Å². The van der Waals surface area contributed by atoms with Gasteiger partial charge in [0.1, 0.15) is 0 Å². The van der Waals surface area contributed by atoms with Crippen LogP contribution >= 0.6 is 38.9 Å². The van der Waals surface area contributed by atoms with Gasteiger partial charge in [0.2, 0.25) is 6.79 Å². The molecule has 10 heteroatoms. The number of rotatable bonds is 4. The number of esters is 1. The smallest absolute Gasteiger partial charge is 0.338 e. The summed E-state index contributed by atoms with van der Waals surface area (Å²) in [5.41, 5.74) is 1.97. The molecule has 3 aromatic rings. The lowest BCUT2D eigenvalue weighted by Crippen LogP contribution is -2.39. The normalized spacial score (nSPS) is 16.9. The molecule has 34 heavy (non-hydrogen) atoms. The van der Waals surface area contributed by atoms with Crippen LogP contribution in [0.5, 0.6) is 11.5 Å². The Kier molecular flexibility index (Phi) is 6.09. The molecule has 3 heterocycles. The molecule has 2 aliphatic heterocycles. The van der Waals surface area contributed by atoms with E-state index in [1.807, 2.05) is 24.3 Å². The van der Waals surface area contributed by atoms with Crippen molar-refractivity contribution in [2.24, 2.45) is 4.99 Å². The van der Waals surface area contributed by atoms with Crippen LogP contribution in [0.3, 0.4) is 0 Å². The fourth-order valence-corrected chi connectivity index (χ4v) is 5.45. The largest absolute Gasteiger partial charge is 0.463 e. The quantitative estimate of drug-likeness (QED) is 0.451. The Morgan fingerprint density at radius 2 is 2.00 bits per heavy atom. The van der Waals surface area contributed by atoms with Crippen LogP contribution in [0, 0.1) is 0 Å². The zero-order valence-electron chi connectivity index (χ0n) is 18.1. The third-order valence-corrected chi connectivity index (χ3v) is 7.32. The molecule has 0 N–H and O–H groups in total. The Morgan fingerprint density at radius 3 is 2.71 bits per heavy atom. The van der Waals surface area contributed by atoms with Gasteiger partial charge in [0.05, 0.1) is 33.5 Å². The van der Waals surface area contributed by atoms with Crippen LogP contribution in [0.4, 0.5) is 0 Å². The number of thiazole rings is 1. The van der Waals surface area contributed by atoms with Crippen LogP contribution in [0.15, 0.2) is 61.9 Å². The number of fused-ring (bicyclic) bond motifs is 2. The molecule has 0 fully saturated rings. The summed E-state index contributed by atoms with van der Waals surface area (Å²) in [6.45, 7) is 3.84. The van der Waals surface area contributed by atoms with Crippen molar-refractivity contribution in [1.29, 1.82) is 0 Å². The van der Waals surface area contributed by atoms with Gasteiger partial charge in [-0.3, -0.25) is 9.36 Å². The molecule has 0 bridgehead atoms. The van der Waals surface area contributed by atoms with E-state index in [2.05, 4.69) is 20.9 Å². The lowest BCUT2D eigenvalue weighted by molar-refractivity contribution is -0.139. The highest BCUT2D eigenvalue weighted by molar-refractivity contribution is 9.10. The van der Waals surface area contributed by atoms with Crippen molar-refractivity contribution >= 4 is 50.9 Å². The number of hydrogen-bond donors (Lipinski definition) is 0. The third-order valence-electron chi connectivity index (χ3n) is 5.48. The molecule has 5 rings (SSSR count). The average molecular weight is 562 g/mol. The maximum atomic E-state index is 13.6. The number of halogens is 2. The van der Waals surface area contributed by atoms with Gasteiger partial charge in [0.15, 0.2) is 16.3 Å². The van der Waals surface area contributed by atoms with Crippen LogP contribution in [0.2, 0.25) is 5.02 Å². The first-order valence-corrected chi connectivity index (χ1v) is 12.4. The highest BCUT2D eigenvalue weighted by Gasteiger charge is 2.33. The standard InChI is InChI=1S/C24H18BrClN2O5S/c1-3-31-23(30)20-12(2)27-24-28(21(20)13-4-6-15(25)7-5-13)22(29)19(34-24)9-14-8-17-18(10-16(14)26)33-11-32-17/h4-10,21H,3,11H2,1-2H3/t21-/m0/s1. The molecule has 7 nitrogen and oxygen atoms in total. The average Bonchev–Trinajstić information content (AvgIpc) is 3.37. The van der Waals surface area contributed by atoms with Gasteiger partial charge in [-0.1, -0.05) is 51.0 Å². The molecular formula is C24H18BrClN2O5S. The lowest BCUT2D eigenvalue weighted by Gasteiger charge is -2.24. The number of benzene rings is 2. The minimum absolute atomic E-state index is 0.125. The summed E-state index contributed by atoms with van der Waals surface area (Å²) in [6.07, 6.45) is 1.70. The van der Waals surface area contributed by atoms with Crippen molar-refractivity contribution in [3.05, 3.63) is 88.0 Å². The minimum Gasteiger partial charge on any atom is -0.463 e. The number of ether oxygens (including phenoxy) is 3. The van der Waals surface area contributed by atoms with Gasteiger partial charge in [-0.15, -0.1) is 0 Å². The topological polar surface area (TPSA) is 79.1 Å². The van der Waals surface area contributed by atoms with Crippen molar-refractivity contribution < 1.29 is 19.0 Å². The summed E-state index contributed by atoms with van der Waals surface area (Å²) >= 11 is 11.1. The fraction of sp³-hybridized carbons (Fsp3) is 0.208. The number of aromatic nitrogens is 1. The second-order valence-corrected chi connectivity index (χ2v) is 9.91. The monoisotopic (exact) mass is 560 g/mol. The number of carbonyl (C=O) groups is 1. The summed E-state index contributed by atoms with van der Waals surface area (Å²) in [7, 11) is 0. The molecule has 2 aromatic carbocycles. The first-order valence-electron chi connectivity index (χ1n) is 10.4. The number of nitrogens with zero attached hydrogens (tertiary/aromatic N) is 2. The fourth-order valence-electron chi connectivity index (χ4n) is 3.94. The van der Waals surface area contributed by atoms with E-state index in [4.69, 9.17) is 25.8 Å². The van der Waals surface area contributed by atoms with E-state index in [1.165, 1.54) is 11.3 Å². The van der Waals surface area contributed by atoms with Crippen molar-refractivity contribution in [3.8, 4) is 11.5 Å². The Hall–Kier alpha value is -2.88. The Labute approximate surface area is 211 Å². The molecule has 0 saturated heterocycles. The number of allylic oxidation sites excluding steroid dienone is 1. The maximum absolute atomic E-state index is 13.6. The van der Waals surface area contributed by atoms with E-state index in [9.17, 15) is 9.59 Å². The summed E-state index contributed by atoms with van der Waals surface area (Å²) in [5.74, 6) is 0.634. The molecule has 1 atom stereocenters. The summed E-state index contributed by atoms with van der Waals surface area (Å²) < 4.78 is 19.0. The Bertz CT molecular complexity index is 1520. The van der Waals surface area contributed by atoms with Gasteiger partial charge in [0.25, 0.3) is 5.56 Å². The van der Waals surface area contributed by atoms with Crippen molar-refractivity contribution in [2.75, 3.05) is 13.4 Å². The second-order valence-electron chi connectivity index (χ2n) is 7.58. The van der Waals surface area contributed by atoms with E-state index in [1.54, 1.807) is 36.6 Å². The molecule has 0 unspecified atom stereocenters. The van der Waals surface area contributed by atoms with Crippen molar-refractivity contribution in [2.45, 2.75) is 19.9 Å². The van der Waals surface area contributed by atoms with Crippen LogP contribution in [-0.4, -0.2) is 23.9 Å². The maximum Gasteiger partial charge on any atom is 0.338 e. The number of carbonyl (C=O) groups excluding carboxylic acids is 1. The number of hydrogen-bond acceptors (Lipinski definition) is 7. The minimum atomic E-state index is -0.669. The zero-order chi connectivity index (χ0) is 24.0. The lowest BCUT2D eigenvalue weighted by atomic mass is 9.96. The molecule has 0 spiro atoms. The van der Waals surface area contributed by atoms with E-state index in [0.717, 1.165) is 10.0 Å². The molecule has 2 aliphatic rings. The van der Waals surface area contributed by atoms with Crippen LogP contribution in [-0.2, 0) is 9.53 Å². The molecule has 0 amide bonds. The first-order chi connectivity index (χ1) is 16.4. The van der Waals surface area contributed by atoms with Gasteiger partial charge < -0.3 is 14.2 Å². The van der Waals surface area contributed by atoms with Crippen LogP contribution in [0.25, 0.3) is 6.08 Å². The van der Waals surface area contributed by atoms with Gasteiger partial charge in [-0.05, 0) is 49.2 Å². The third kappa shape index (κ3) is 3.97. The predicted molar refractivity (Wildman–Crippen MR) is 132 cm³/mol. The second kappa shape index (κ2) is 9.05. The van der Waals surface area contributed by atoms with E-state index in [0.29, 0.717) is 42.7 Å². The molecule has 1 aromatic heterocycles.